The molecule has 113 heavy (non-hydrogen) atoms. The third kappa shape index (κ3) is 22.6. The van der Waals surface area contributed by atoms with Crippen LogP contribution in [0.25, 0.3) is 21.3 Å². The Balaban J connectivity index is 0.000000188. The second-order valence-electron chi connectivity index (χ2n) is 40.9. The summed E-state index contributed by atoms with van der Waals surface area (Å²) >= 11 is 0. The summed E-state index contributed by atoms with van der Waals surface area (Å²) in [5, 5.41) is 29.8. The van der Waals surface area contributed by atoms with Crippen molar-refractivity contribution < 1.29 is 21.7 Å². The normalized spacial score (nSPS) is 33.9. The van der Waals surface area contributed by atoms with Crippen LogP contribution in [-0.2, 0) is 21.7 Å². The largest absolute Gasteiger partial charge is 4.00 e. The minimum Gasteiger partial charge on any atom is -0.647 e. The zero-order chi connectivity index (χ0) is 81.0. The van der Waals surface area contributed by atoms with Crippen LogP contribution in [0.15, 0.2) is 219 Å². The Morgan fingerprint density at radius 1 is 0.230 bits per heavy atom. The molecule has 0 saturated heterocycles. The molecule has 0 aliphatic heterocycles. The van der Waals surface area contributed by atoms with Crippen LogP contribution in [0.4, 0.5) is 0 Å². The van der Waals surface area contributed by atoms with Crippen molar-refractivity contribution in [2.24, 2.45) is 45.3 Å². The van der Waals surface area contributed by atoms with E-state index in [0.717, 1.165) is 23.7 Å². The first kappa shape index (κ1) is 94.7. The van der Waals surface area contributed by atoms with Crippen molar-refractivity contribution in [3.05, 3.63) is 240 Å². The van der Waals surface area contributed by atoms with Gasteiger partial charge in [0.25, 0.3) is 0 Å². The van der Waals surface area contributed by atoms with Gasteiger partial charge >= 0.3 is 21.7 Å². The van der Waals surface area contributed by atoms with Gasteiger partial charge in [0.2, 0.25) is 0 Å². The van der Waals surface area contributed by atoms with Crippen molar-refractivity contribution in [1.82, 2.24) is 0 Å². The fourth-order valence-electron chi connectivity index (χ4n) is 22.4. The Morgan fingerprint density at radius 3 is 0.558 bits per heavy atom. The molecule has 0 aromatic heterocycles. The second-order valence-corrected chi connectivity index (χ2v) is 51.4. The van der Waals surface area contributed by atoms with Gasteiger partial charge in [-0.3, -0.25) is 0 Å². The predicted molar refractivity (Wildman–Crippen MR) is 510 cm³/mol. The third-order valence-electron chi connectivity index (χ3n) is 34.0. The Morgan fingerprint density at radius 2 is 0.389 bits per heavy atom. The Kier molecular flexibility index (Phi) is 35.2. The van der Waals surface area contributed by atoms with Crippen molar-refractivity contribution in [1.29, 1.82) is 0 Å². The van der Waals surface area contributed by atoms with Gasteiger partial charge in [0.05, 0.1) is 38.1 Å². The maximum absolute atomic E-state index is 5.51. The summed E-state index contributed by atoms with van der Waals surface area (Å²) in [6, 6.07) is 46.4. The molecule has 12 rings (SSSR count). The van der Waals surface area contributed by atoms with Crippen molar-refractivity contribution in [2.45, 2.75) is 359 Å². The summed E-state index contributed by atoms with van der Waals surface area (Å²) in [7, 11) is -1.86. The first-order chi connectivity index (χ1) is 53.1. The molecule has 4 aromatic carbocycles. The van der Waals surface area contributed by atoms with Gasteiger partial charge in [-0.25, -0.2) is 0 Å². The Bertz CT molecular complexity index is 3210. The fraction of sp³-hybridized carbons (Fsp3) is 0.615. The standard InChI is InChI=1S/4C26H40NSi.Ti/c4*1-21-15-9-6-7-14-20-25(4,27-22-16-12-13-17-22)24(2,3)26(21,5)28-23-18-10-8-11-19-23;/h4*8,10-13,16-19,21-22H,6-7,9,14-15,20,28H2,1-5H3;/q4*-1;+4. The van der Waals surface area contributed by atoms with E-state index in [1.807, 2.05) is 0 Å². The van der Waals surface area contributed by atoms with Gasteiger partial charge in [0.1, 0.15) is 0 Å². The van der Waals surface area contributed by atoms with E-state index < -0.39 is 38.1 Å². The zero-order valence-electron chi connectivity index (χ0n) is 75.5. The molecule has 12 unspecified atom stereocenters. The summed E-state index contributed by atoms with van der Waals surface area (Å²) in [5.41, 5.74) is 0.619. The maximum atomic E-state index is 5.51. The molecule has 8 aliphatic rings. The van der Waals surface area contributed by atoms with Crippen LogP contribution in [0.5, 0.6) is 0 Å². The van der Waals surface area contributed by atoms with Crippen molar-refractivity contribution in [3.8, 4) is 0 Å². The second kappa shape index (κ2) is 41.9. The molecule has 4 aromatic rings. The van der Waals surface area contributed by atoms with Gasteiger partial charge in [-0.15, -0.1) is 22.2 Å². The molecule has 12 atom stereocenters. The van der Waals surface area contributed by atoms with Crippen LogP contribution in [0.2, 0.25) is 20.2 Å². The SMILES string of the molecule is CC1CCCCCCC(C)([N-]C2C=CC=C2)C(C)(C)C1(C)[SiH2]c1ccccc1.CC1CCCCCCC(C)([N-]C2C=CC=C2)C(C)(C)C1(C)[SiH2]c1ccccc1.CC1CCCCCCC(C)([N-]C2C=CC=C2)C(C)(C)C1(C)[SiH2]c1ccccc1.CC1CCCCCCC(C)([N-]C2C=CC=C2)C(C)(C)C1(C)[SiH2]c1ccccc1.[Ti+4]. The fourth-order valence-corrected chi connectivity index (χ4v) is 33.4. The van der Waals surface area contributed by atoms with E-state index in [0.29, 0.717) is 20.2 Å². The first-order valence-electron chi connectivity index (χ1n) is 45.6. The topological polar surface area (TPSA) is 56.4 Å². The van der Waals surface area contributed by atoms with Gasteiger partial charge < -0.3 is 21.3 Å². The molecule has 8 aliphatic carbocycles. The van der Waals surface area contributed by atoms with Gasteiger partial charge in [-0.1, -0.05) is 556 Å². The van der Waals surface area contributed by atoms with Crippen LogP contribution in [0.1, 0.15) is 293 Å². The van der Waals surface area contributed by atoms with Gasteiger partial charge in [0.15, 0.2) is 0 Å². The van der Waals surface area contributed by atoms with Gasteiger partial charge in [-0.2, -0.15) is 0 Å². The molecule has 0 N–H and O–H groups in total. The number of rotatable bonds is 16. The molecule has 0 heterocycles. The number of nitrogens with zero attached hydrogens (tertiary/aromatic N) is 4. The average Bonchev–Trinajstić information content (AvgIpc) is 0.771. The summed E-state index contributed by atoms with van der Waals surface area (Å²) in [5.74, 6) is 2.93. The number of allylic oxidation sites excluding steroid dienone is 8. The van der Waals surface area contributed by atoms with Crippen molar-refractivity contribution in [2.75, 3.05) is 0 Å². The molecule has 616 valence electrons. The van der Waals surface area contributed by atoms with Gasteiger partial charge in [-0.05, 0) is 65.5 Å². The quantitative estimate of drug-likeness (QED) is 0.100. The first-order valence-corrected chi connectivity index (χ1v) is 51.2. The number of hydrogen-bond acceptors (Lipinski definition) is 0. The number of hydrogen-bond donors (Lipinski definition) is 0. The molecular formula is C104H160N4Si4Ti. The molecule has 0 spiro atoms. The number of benzene rings is 4. The Hall–Kier alpha value is -3.78. The van der Waals surface area contributed by atoms with Crippen LogP contribution in [0.3, 0.4) is 0 Å². The molecule has 4 nitrogen and oxygen atoms in total. The third-order valence-corrected chi connectivity index (χ3v) is 46.7. The van der Waals surface area contributed by atoms with E-state index in [1.165, 1.54) is 154 Å². The molecule has 9 heteroatoms. The van der Waals surface area contributed by atoms with Crippen molar-refractivity contribution >= 4 is 58.8 Å². The molecular weight excluding hydrogens is 1470 g/mol. The summed E-state index contributed by atoms with van der Waals surface area (Å²) < 4.78 is 0. The molecule has 0 amide bonds. The molecule has 0 radical (unpaired) electrons. The summed E-state index contributed by atoms with van der Waals surface area (Å²) in [4.78, 5) is 0. The maximum Gasteiger partial charge on any atom is 4.00 e. The smallest absolute Gasteiger partial charge is 0.647 e. The molecule has 4 saturated carbocycles. The van der Waals surface area contributed by atoms with E-state index in [-0.39, 0.29) is 89.7 Å². The van der Waals surface area contributed by atoms with E-state index in [2.05, 4.69) is 357 Å². The summed E-state index contributed by atoms with van der Waals surface area (Å²) in [6.07, 6.45) is 67.4. The van der Waals surface area contributed by atoms with E-state index in [4.69, 9.17) is 21.3 Å². The molecule has 4 fully saturated rings. The Labute approximate surface area is 719 Å². The van der Waals surface area contributed by atoms with E-state index in [1.54, 1.807) is 20.7 Å². The van der Waals surface area contributed by atoms with Crippen LogP contribution in [0, 0.1) is 45.3 Å². The minimum atomic E-state index is -0.465. The monoisotopic (exact) mass is 1630 g/mol. The van der Waals surface area contributed by atoms with Crippen LogP contribution in [-0.4, -0.2) is 84.4 Å². The van der Waals surface area contributed by atoms with Crippen molar-refractivity contribution in [3.63, 3.8) is 0 Å². The molecule has 0 bridgehead atoms. The minimum absolute atomic E-state index is 0. The average molecular weight is 1630 g/mol. The summed E-state index contributed by atoms with van der Waals surface area (Å²) in [6.45, 7) is 50.9. The van der Waals surface area contributed by atoms with Crippen LogP contribution < -0.4 is 20.7 Å². The predicted octanol–water partition coefficient (Wildman–Crippen LogP) is 25.2. The van der Waals surface area contributed by atoms with E-state index in [9.17, 15) is 0 Å². The zero-order valence-corrected chi connectivity index (χ0v) is 82.7. The van der Waals surface area contributed by atoms with E-state index >= 15 is 0 Å². The van der Waals surface area contributed by atoms with Gasteiger partial charge in [0, 0.05) is 0 Å². The van der Waals surface area contributed by atoms with Crippen LogP contribution >= 0.6 is 0 Å².